The summed E-state index contributed by atoms with van der Waals surface area (Å²) in [5.41, 5.74) is 5.58. The van der Waals surface area contributed by atoms with Crippen LogP contribution in [-0.2, 0) is 0 Å². The van der Waals surface area contributed by atoms with Crippen molar-refractivity contribution in [2.45, 2.75) is 155 Å². The molecule has 0 heterocycles. The van der Waals surface area contributed by atoms with Crippen molar-refractivity contribution in [2.75, 3.05) is 0 Å². The summed E-state index contributed by atoms with van der Waals surface area (Å²) in [6.07, 6.45) is 12.0. The van der Waals surface area contributed by atoms with Crippen LogP contribution in [0, 0.1) is 18.8 Å². The van der Waals surface area contributed by atoms with E-state index in [4.69, 9.17) is 0 Å². The Balaban J connectivity index is -0.000000192. The van der Waals surface area contributed by atoms with Crippen molar-refractivity contribution in [1.29, 1.82) is 0 Å². The van der Waals surface area contributed by atoms with Crippen molar-refractivity contribution < 1.29 is 0 Å². The molecule has 0 aliphatic carbocycles. The zero-order valence-electron chi connectivity index (χ0n) is 26.1. The van der Waals surface area contributed by atoms with E-state index in [2.05, 4.69) is 117 Å². The highest BCUT2D eigenvalue weighted by molar-refractivity contribution is 9.10. The Bertz CT molecular complexity index is 552. The van der Waals surface area contributed by atoms with Crippen LogP contribution in [0.5, 0.6) is 0 Å². The maximum absolute atomic E-state index is 3.51. The van der Waals surface area contributed by atoms with E-state index in [0.717, 1.165) is 22.7 Å². The Labute approximate surface area is 226 Å². The van der Waals surface area contributed by atoms with E-state index < -0.39 is 0 Å². The molecular weight excluding hydrogens is 476 g/mol. The average Bonchev–Trinajstić information content (AvgIpc) is 2.85. The van der Waals surface area contributed by atoms with Gasteiger partial charge < -0.3 is 0 Å². The normalized spacial score (nSPS) is 11.3. The molecule has 0 radical (unpaired) electrons. The lowest BCUT2D eigenvalue weighted by Crippen LogP contribution is -1.89. The fourth-order valence-electron chi connectivity index (χ4n) is 2.83. The van der Waals surface area contributed by atoms with Gasteiger partial charge in [-0.3, -0.25) is 0 Å². The third-order valence-corrected chi connectivity index (χ3v) is 6.38. The molecule has 1 aromatic carbocycles. The number of hydrogen-bond acceptors (Lipinski definition) is 0. The van der Waals surface area contributed by atoms with Crippen molar-refractivity contribution in [1.82, 2.24) is 0 Å². The molecule has 0 N–H and O–H groups in total. The molecule has 1 heteroatoms. The summed E-state index contributed by atoms with van der Waals surface area (Å²) < 4.78 is 1.15. The van der Waals surface area contributed by atoms with Crippen molar-refractivity contribution in [3.63, 3.8) is 0 Å². The molecule has 1 unspecified atom stereocenters. The van der Waals surface area contributed by atoms with Crippen molar-refractivity contribution in [3.8, 4) is 0 Å². The zero-order chi connectivity index (χ0) is 27.5. The highest BCUT2D eigenvalue weighted by atomic mass is 79.9. The summed E-state index contributed by atoms with van der Waals surface area (Å²) in [6, 6.07) is 6.45. The Hall–Kier alpha value is -0.560. The van der Waals surface area contributed by atoms with Crippen molar-refractivity contribution >= 4 is 21.5 Å². The minimum absolute atomic E-state index is 0.898. The van der Waals surface area contributed by atoms with Gasteiger partial charge in [0.1, 0.15) is 0 Å². The van der Waals surface area contributed by atoms with Gasteiger partial charge >= 0.3 is 0 Å². The van der Waals surface area contributed by atoms with Gasteiger partial charge in [-0.25, -0.2) is 0 Å². The first kappa shape index (κ1) is 40.6. The molecule has 0 aliphatic rings. The van der Waals surface area contributed by atoms with Gasteiger partial charge in [0.25, 0.3) is 0 Å². The van der Waals surface area contributed by atoms with E-state index in [-0.39, 0.29) is 0 Å². The van der Waals surface area contributed by atoms with Gasteiger partial charge in [-0.15, -0.1) is 0 Å². The van der Waals surface area contributed by atoms with Gasteiger partial charge in [-0.1, -0.05) is 155 Å². The molecular formula is C33H65Br. The fraction of sp³-hybridized carbons (Fsp3) is 0.758. The number of hydrogen-bond donors (Lipinski definition) is 0. The first-order chi connectivity index (χ1) is 16.1. The fourth-order valence-corrected chi connectivity index (χ4v) is 3.19. The van der Waals surface area contributed by atoms with Crippen LogP contribution in [0.3, 0.4) is 0 Å². The lowest BCUT2D eigenvalue weighted by molar-refractivity contribution is 0.492. The van der Waals surface area contributed by atoms with E-state index in [1.807, 2.05) is 13.8 Å². The van der Waals surface area contributed by atoms with Crippen LogP contribution in [0.2, 0.25) is 0 Å². The molecule has 0 amide bonds. The second kappa shape index (κ2) is 30.5. The Morgan fingerprint density at radius 3 is 1.65 bits per heavy atom. The van der Waals surface area contributed by atoms with Gasteiger partial charge in [0.15, 0.2) is 0 Å². The molecule has 0 saturated heterocycles. The van der Waals surface area contributed by atoms with E-state index in [9.17, 15) is 0 Å². The van der Waals surface area contributed by atoms with Crippen LogP contribution >= 0.6 is 15.9 Å². The number of aryl methyl sites for hydroxylation is 1. The number of halogens is 1. The molecule has 0 aromatic heterocycles. The van der Waals surface area contributed by atoms with Gasteiger partial charge in [-0.2, -0.15) is 0 Å². The maximum atomic E-state index is 3.51. The van der Waals surface area contributed by atoms with Crippen LogP contribution in [0.25, 0.3) is 5.57 Å². The van der Waals surface area contributed by atoms with Gasteiger partial charge in [0, 0.05) is 4.47 Å². The van der Waals surface area contributed by atoms with Crippen LogP contribution < -0.4 is 0 Å². The van der Waals surface area contributed by atoms with Gasteiger partial charge in [-0.05, 0) is 67.9 Å². The molecule has 0 bridgehead atoms. The highest BCUT2D eigenvalue weighted by Crippen LogP contribution is 2.26. The van der Waals surface area contributed by atoms with E-state index in [1.165, 1.54) is 73.6 Å². The smallest absolute Gasteiger partial charge is 0.0181 e. The summed E-state index contributed by atoms with van der Waals surface area (Å²) in [4.78, 5) is 0. The summed E-state index contributed by atoms with van der Waals surface area (Å²) in [5, 5.41) is 0. The SMILES string of the molecule is CC.CC/C(C)=C(/C)c1cc(Br)ccc1C.CCCC.CCCC(C)C.CCCCC(C)CC. The maximum Gasteiger partial charge on any atom is 0.0181 e. The lowest BCUT2D eigenvalue weighted by atomic mass is 9.97. The number of rotatable bonds is 9. The van der Waals surface area contributed by atoms with Crippen molar-refractivity contribution in [3.05, 3.63) is 39.4 Å². The highest BCUT2D eigenvalue weighted by Gasteiger charge is 2.03. The number of benzene rings is 1. The molecule has 1 rings (SSSR count). The van der Waals surface area contributed by atoms with Crippen LogP contribution in [0.4, 0.5) is 0 Å². The van der Waals surface area contributed by atoms with E-state index in [1.54, 1.807) is 0 Å². The second-order valence-electron chi connectivity index (χ2n) is 9.56. The van der Waals surface area contributed by atoms with Crippen LogP contribution in [0.1, 0.15) is 159 Å². The van der Waals surface area contributed by atoms with Crippen LogP contribution in [-0.4, -0.2) is 0 Å². The van der Waals surface area contributed by atoms with E-state index >= 15 is 0 Å². The van der Waals surface area contributed by atoms with Crippen molar-refractivity contribution in [2.24, 2.45) is 11.8 Å². The molecule has 1 aromatic rings. The molecule has 0 aliphatic heterocycles. The topological polar surface area (TPSA) is 0 Å². The Morgan fingerprint density at radius 2 is 1.32 bits per heavy atom. The summed E-state index contributed by atoms with van der Waals surface area (Å²) >= 11 is 3.51. The molecule has 1 atom stereocenters. The molecule has 0 nitrogen and oxygen atoms in total. The zero-order valence-corrected chi connectivity index (χ0v) is 27.7. The summed E-state index contributed by atoms with van der Waals surface area (Å²) in [5.74, 6) is 1.85. The van der Waals surface area contributed by atoms with Crippen LogP contribution in [0.15, 0.2) is 28.2 Å². The standard InChI is InChI=1S/C13H17Br.C8H18.C6H14.C4H10.C2H6/c1-5-9(2)11(4)13-8-12(14)7-6-10(13)3;1-4-6-7-8(3)5-2;1-4-5-6(2)3;1-3-4-2;1-2/h6-8H,5H2,1-4H3;8H,4-7H2,1-3H3;6H,4-5H2,1-3H3;3-4H2,1-2H3;1-2H3/b11-9-;;;;. The van der Waals surface area contributed by atoms with Gasteiger partial charge in [0.05, 0.1) is 0 Å². The molecule has 204 valence electrons. The third kappa shape index (κ3) is 27.7. The summed E-state index contributed by atoms with van der Waals surface area (Å²) in [7, 11) is 0. The molecule has 0 fully saturated rings. The predicted molar refractivity (Wildman–Crippen MR) is 168 cm³/mol. The Kier molecular flexibility index (Phi) is 36.4. The molecule has 0 spiro atoms. The minimum atomic E-state index is 0.898. The lowest BCUT2D eigenvalue weighted by Gasteiger charge is -2.10. The van der Waals surface area contributed by atoms with E-state index in [0.29, 0.717) is 0 Å². The Morgan fingerprint density at radius 1 is 0.794 bits per heavy atom. The number of allylic oxidation sites excluding steroid dienone is 2. The predicted octanol–water partition coefficient (Wildman–Crippen LogP) is 13.5. The first-order valence-electron chi connectivity index (χ1n) is 14.5. The average molecular weight is 542 g/mol. The largest absolute Gasteiger partial charge is 0.0701 e. The molecule has 34 heavy (non-hydrogen) atoms. The first-order valence-corrected chi connectivity index (χ1v) is 15.3. The molecule has 0 saturated carbocycles. The summed E-state index contributed by atoms with van der Waals surface area (Å²) in [6.45, 7) is 30.7. The monoisotopic (exact) mass is 540 g/mol. The minimum Gasteiger partial charge on any atom is -0.0701 e. The number of unbranched alkanes of at least 4 members (excludes halogenated alkanes) is 2. The second-order valence-corrected chi connectivity index (χ2v) is 10.5. The third-order valence-electron chi connectivity index (χ3n) is 5.89. The quantitative estimate of drug-likeness (QED) is 0.292. The van der Waals surface area contributed by atoms with Gasteiger partial charge in [0.2, 0.25) is 0 Å².